The van der Waals surface area contributed by atoms with Crippen LogP contribution in [0.2, 0.25) is 0 Å². The van der Waals surface area contributed by atoms with E-state index in [1.807, 2.05) is 35.2 Å². The van der Waals surface area contributed by atoms with E-state index in [4.69, 9.17) is 18.9 Å². The molecule has 1 saturated heterocycles. The summed E-state index contributed by atoms with van der Waals surface area (Å²) in [6.45, 7) is 2.17. The second kappa shape index (κ2) is 10.8. The molecule has 1 amide bonds. The monoisotopic (exact) mass is 477 g/mol. The van der Waals surface area contributed by atoms with Gasteiger partial charge in [0.25, 0.3) is 5.91 Å². The van der Waals surface area contributed by atoms with Crippen molar-refractivity contribution in [2.45, 2.75) is 31.9 Å². The maximum Gasteiger partial charge on any atom is 0.254 e. The van der Waals surface area contributed by atoms with E-state index in [1.165, 1.54) is 6.07 Å². The van der Waals surface area contributed by atoms with Gasteiger partial charge in [-0.3, -0.25) is 4.79 Å². The topological polar surface area (TPSA) is 57.2 Å². The minimum absolute atomic E-state index is 0.0214. The predicted molar refractivity (Wildman–Crippen MR) is 128 cm³/mol. The number of fused-ring (bicyclic) bond motifs is 1. The molecule has 0 radical (unpaired) electrons. The van der Waals surface area contributed by atoms with Crippen molar-refractivity contribution < 1.29 is 28.1 Å². The minimum Gasteiger partial charge on any atom is -0.493 e. The molecule has 5 rings (SSSR count). The molecule has 2 aliphatic heterocycles. The van der Waals surface area contributed by atoms with E-state index in [0.717, 1.165) is 25.0 Å². The Kier molecular flexibility index (Phi) is 7.14. The molecule has 1 atom stereocenters. The van der Waals surface area contributed by atoms with Crippen LogP contribution in [-0.4, -0.2) is 43.5 Å². The number of rotatable bonds is 9. The first-order valence-electron chi connectivity index (χ1n) is 11.9. The van der Waals surface area contributed by atoms with Crippen LogP contribution in [0.15, 0.2) is 66.7 Å². The van der Waals surface area contributed by atoms with E-state index in [1.54, 1.807) is 30.3 Å². The maximum atomic E-state index is 13.9. The number of carbonyl (C=O) groups is 1. The molecule has 1 unspecified atom stereocenters. The van der Waals surface area contributed by atoms with E-state index in [-0.39, 0.29) is 24.6 Å². The zero-order valence-corrected chi connectivity index (χ0v) is 19.5. The molecular weight excluding hydrogens is 449 g/mol. The first kappa shape index (κ1) is 23.2. The lowest BCUT2D eigenvalue weighted by molar-refractivity contribution is 0.0507. The third-order valence-electron chi connectivity index (χ3n) is 6.22. The number of benzene rings is 3. The Labute approximate surface area is 204 Å². The molecule has 3 aromatic rings. The molecule has 7 heteroatoms. The molecule has 0 bridgehead atoms. The van der Waals surface area contributed by atoms with Crippen LogP contribution in [0.4, 0.5) is 4.39 Å². The van der Waals surface area contributed by atoms with Crippen molar-refractivity contribution in [3.8, 4) is 17.2 Å². The zero-order chi connectivity index (χ0) is 24.0. The molecule has 0 aromatic heterocycles. The smallest absolute Gasteiger partial charge is 0.254 e. The Balaban J connectivity index is 1.28. The minimum atomic E-state index is -0.225. The normalized spacial score (nSPS) is 16.3. The largest absolute Gasteiger partial charge is 0.493 e. The summed E-state index contributed by atoms with van der Waals surface area (Å²) in [5, 5.41) is 0. The quantitative estimate of drug-likeness (QED) is 0.434. The Bertz CT molecular complexity index is 1180. The lowest BCUT2D eigenvalue weighted by Gasteiger charge is -2.26. The van der Waals surface area contributed by atoms with Crippen LogP contribution in [0.5, 0.6) is 17.2 Å². The van der Waals surface area contributed by atoms with Crippen LogP contribution in [0.1, 0.15) is 34.3 Å². The molecule has 0 saturated carbocycles. The Hall–Kier alpha value is -3.58. The van der Waals surface area contributed by atoms with Crippen molar-refractivity contribution in [2.24, 2.45) is 0 Å². The van der Waals surface area contributed by atoms with Gasteiger partial charge in [-0.1, -0.05) is 30.3 Å². The summed E-state index contributed by atoms with van der Waals surface area (Å²) in [6.07, 6.45) is 2.43. The van der Waals surface area contributed by atoms with Gasteiger partial charge < -0.3 is 23.8 Å². The van der Waals surface area contributed by atoms with Gasteiger partial charge in [0.05, 0.1) is 12.7 Å². The fraction of sp³-hybridized carbons (Fsp3) is 0.321. The molecule has 35 heavy (non-hydrogen) atoms. The summed E-state index contributed by atoms with van der Waals surface area (Å²) in [7, 11) is 0. The summed E-state index contributed by atoms with van der Waals surface area (Å²) in [6, 6.07) is 19.7. The highest BCUT2D eigenvalue weighted by molar-refractivity contribution is 5.95. The number of nitrogens with zero attached hydrogens (tertiary/aromatic N) is 1. The highest BCUT2D eigenvalue weighted by Gasteiger charge is 2.25. The number of hydrogen-bond donors (Lipinski definition) is 0. The fourth-order valence-corrected chi connectivity index (χ4v) is 4.40. The predicted octanol–water partition coefficient (Wildman–Crippen LogP) is 5.00. The number of ether oxygens (including phenoxy) is 4. The van der Waals surface area contributed by atoms with Crippen LogP contribution in [-0.2, 0) is 17.7 Å². The second-order valence-corrected chi connectivity index (χ2v) is 8.73. The lowest BCUT2D eigenvalue weighted by atomic mass is 10.1. The van der Waals surface area contributed by atoms with Crippen molar-refractivity contribution in [1.29, 1.82) is 0 Å². The standard InChI is InChI=1S/C28H28FNO5/c29-25-9-2-1-6-21(25)12-14-33-23-7-3-5-20(15-23)17-30(18-24-8-4-13-32-24)28(31)22-10-11-26-27(16-22)35-19-34-26/h1-3,5-7,9-11,15-16,24H,4,8,12-14,17-19H2. The van der Waals surface area contributed by atoms with Gasteiger partial charge in [-0.2, -0.15) is 0 Å². The Morgan fingerprint density at radius 1 is 1.03 bits per heavy atom. The highest BCUT2D eigenvalue weighted by Crippen LogP contribution is 2.33. The van der Waals surface area contributed by atoms with Crippen molar-refractivity contribution in [1.82, 2.24) is 4.90 Å². The number of amides is 1. The summed E-state index contributed by atoms with van der Waals surface area (Å²) in [4.78, 5) is 15.3. The third-order valence-corrected chi connectivity index (χ3v) is 6.22. The van der Waals surface area contributed by atoms with E-state index < -0.39 is 0 Å². The van der Waals surface area contributed by atoms with Crippen molar-refractivity contribution in [2.75, 3.05) is 26.6 Å². The lowest BCUT2D eigenvalue weighted by Crippen LogP contribution is -2.37. The van der Waals surface area contributed by atoms with Gasteiger partial charge in [-0.15, -0.1) is 0 Å². The van der Waals surface area contributed by atoms with Crippen LogP contribution < -0.4 is 14.2 Å². The van der Waals surface area contributed by atoms with E-state index in [0.29, 0.717) is 54.5 Å². The number of halogens is 1. The number of hydrogen-bond acceptors (Lipinski definition) is 5. The molecule has 6 nitrogen and oxygen atoms in total. The van der Waals surface area contributed by atoms with Gasteiger partial charge in [0.15, 0.2) is 11.5 Å². The molecule has 3 aromatic carbocycles. The molecule has 0 aliphatic carbocycles. The van der Waals surface area contributed by atoms with E-state index in [2.05, 4.69) is 0 Å². The van der Waals surface area contributed by atoms with E-state index in [9.17, 15) is 9.18 Å². The Morgan fingerprint density at radius 3 is 2.77 bits per heavy atom. The van der Waals surface area contributed by atoms with Crippen LogP contribution in [0, 0.1) is 5.82 Å². The molecule has 0 N–H and O–H groups in total. The highest BCUT2D eigenvalue weighted by atomic mass is 19.1. The summed E-state index contributed by atoms with van der Waals surface area (Å²) < 4.78 is 36.4. The molecular formula is C28H28FNO5. The van der Waals surface area contributed by atoms with Gasteiger partial charge >= 0.3 is 0 Å². The summed E-state index contributed by atoms with van der Waals surface area (Å²) in [5.74, 6) is 1.60. The fourth-order valence-electron chi connectivity index (χ4n) is 4.40. The van der Waals surface area contributed by atoms with Crippen LogP contribution in [0.3, 0.4) is 0 Å². The molecule has 2 heterocycles. The first-order chi connectivity index (χ1) is 17.2. The van der Waals surface area contributed by atoms with Gasteiger partial charge in [0, 0.05) is 31.7 Å². The molecule has 0 spiro atoms. The Morgan fingerprint density at radius 2 is 1.91 bits per heavy atom. The van der Waals surface area contributed by atoms with Crippen molar-refractivity contribution in [3.63, 3.8) is 0 Å². The van der Waals surface area contributed by atoms with E-state index >= 15 is 0 Å². The van der Waals surface area contributed by atoms with Gasteiger partial charge in [0.2, 0.25) is 6.79 Å². The van der Waals surface area contributed by atoms with Gasteiger partial charge in [-0.05, 0) is 60.4 Å². The van der Waals surface area contributed by atoms with Gasteiger partial charge in [0.1, 0.15) is 11.6 Å². The zero-order valence-electron chi connectivity index (χ0n) is 19.5. The first-order valence-corrected chi connectivity index (χ1v) is 11.9. The van der Waals surface area contributed by atoms with Crippen molar-refractivity contribution in [3.05, 3.63) is 89.2 Å². The average molecular weight is 478 g/mol. The number of carbonyl (C=O) groups excluding carboxylic acids is 1. The van der Waals surface area contributed by atoms with Crippen LogP contribution in [0.25, 0.3) is 0 Å². The van der Waals surface area contributed by atoms with Gasteiger partial charge in [-0.25, -0.2) is 4.39 Å². The average Bonchev–Trinajstić information content (AvgIpc) is 3.56. The van der Waals surface area contributed by atoms with Crippen LogP contribution >= 0.6 is 0 Å². The summed E-state index contributed by atoms with van der Waals surface area (Å²) >= 11 is 0. The maximum absolute atomic E-state index is 13.9. The molecule has 1 fully saturated rings. The summed E-state index contributed by atoms with van der Waals surface area (Å²) in [5.41, 5.74) is 2.12. The second-order valence-electron chi connectivity index (χ2n) is 8.73. The van der Waals surface area contributed by atoms with Crippen molar-refractivity contribution >= 4 is 5.91 Å². The molecule has 182 valence electrons. The SMILES string of the molecule is O=C(c1ccc2c(c1)OCO2)N(Cc1cccc(OCCc2ccccc2F)c1)CC1CCCO1. The third kappa shape index (κ3) is 5.74. The molecule has 2 aliphatic rings.